The number of esters is 1. The van der Waals surface area contributed by atoms with E-state index in [-0.39, 0.29) is 12.6 Å². The van der Waals surface area contributed by atoms with Crippen LogP contribution in [0.25, 0.3) is 0 Å². The van der Waals surface area contributed by atoms with Crippen molar-refractivity contribution in [1.29, 1.82) is 0 Å². The van der Waals surface area contributed by atoms with Crippen molar-refractivity contribution in [2.75, 3.05) is 13.2 Å². The van der Waals surface area contributed by atoms with E-state index >= 15 is 0 Å². The Morgan fingerprint density at radius 1 is 1.10 bits per heavy atom. The predicted molar refractivity (Wildman–Crippen MR) is 83.1 cm³/mol. The third-order valence-electron chi connectivity index (χ3n) is 2.58. The molecule has 5 nitrogen and oxygen atoms in total. The van der Waals surface area contributed by atoms with Crippen LogP contribution in [0.1, 0.15) is 59.3 Å². The number of unbranched alkanes of at least 4 members (excludes halogenated alkanes) is 4. The zero-order valence-electron chi connectivity index (χ0n) is 13.6. The molecule has 0 rings (SSSR count). The number of rotatable bonds is 10. The second-order valence-corrected chi connectivity index (χ2v) is 5.92. The zero-order chi connectivity index (χ0) is 16.1. The van der Waals surface area contributed by atoms with E-state index in [0.29, 0.717) is 13.0 Å². The fraction of sp³-hybridized carbons (Fsp3) is 0.750. The first-order valence-electron chi connectivity index (χ1n) is 7.58. The van der Waals surface area contributed by atoms with Crippen LogP contribution in [-0.4, -0.2) is 30.8 Å². The molecule has 0 saturated carbocycles. The van der Waals surface area contributed by atoms with Crippen molar-refractivity contribution in [1.82, 2.24) is 5.32 Å². The minimum atomic E-state index is -0.403. The Balaban J connectivity index is 3.35. The minimum Gasteiger partial charge on any atom is -0.460 e. The maximum absolute atomic E-state index is 11.5. The van der Waals surface area contributed by atoms with Crippen molar-refractivity contribution in [3.8, 4) is 0 Å². The molecule has 0 unspecified atom stereocenters. The molecule has 0 aromatic heterocycles. The largest absolute Gasteiger partial charge is 0.460 e. The SMILES string of the molecule is C=CCOC(=O)NCCCCCCCC(=O)OC(C)(C)C. The molecule has 1 N–H and O–H groups in total. The predicted octanol–water partition coefficient (Wildman–Crippen LogP) is 3.58. The van der Waals surface area contributed by atoms with Gasteiger partial charge in [0.05, 0.1) is 0 Å². The Morgan fingerprint density at radius 2 is 1.71 bits per heavy atom. The van der Waals surface area contributed by atoms with Crippen molar-refractivity contribution < 1.29 is 19.1 Å². The van der Waals surface area contributed by atoms with E-state index in [4.69, 9.17) is 9.47 Å². The van der Waals surface area contributed by atoms with Gasteiger partial charge in [-0.2, -0.15) is 0 Å². The van der Waals surface area contributed by atoms with E-state index in [9.17, 15) is 9.59 Å². The van der Waals surface area contributed by atoms with E-state index in [1.165, 1.54) is 6.08 Å². The third-order valence-corrected chi connectivity index (χ3v) is 2.58. The highest BCUT2D eigenvalue weighted by molar-refractivity contribution is 5.69. The molecular formula is C16H29NO4. The normalized spacial score (nSPS) is 10.8. The minimum absolute atomic E-state index is 0.130. The van der Waals surface area contributed by atoms with Crippen LogP contribution < -0.4 is 5.32 Å². The molecule has 0 aliphatic heterocycles. The Labute approximate surface area is 128 Å². The van der Waals surface area contributed by atoms with E-state index in [2.05, 4.69) is 11.9 Å². The van der Waals surface area contributed by atoms with E-state index in [1.807, 2.05) is 20.8 Å². The first-order chi connectivity index (χ1) is 9.85. The second-order valence-electron chi connectivity index (χ2n) is 5.92. The van der Waals surface area contributed by atoms with E-state index < -0.39 is 11.7 Å². The Morgan fingerprint density at radius 3 is 2.33 bits per heavy atom. The van der Waals surface area contributed by atoms with Gasteiger partial charge in [-0.05, 0) is 33.6 Å². The van der Waals surface area contributed by atoms with Gasteiger partial charge in [0.15, 0.2) is 0 Å². The molecule has 0 spiro atoms. The summed E-state index contributed by atoms with van der Waals surface area (Å²) >= 11 is 0. The van der Waals surface area contributed by atoms with Crippen LogP contribution in [0.3, 0.4) is 0 Å². The number of ether oxygens (including phenoxy) is 2. The summed E-state index contributed by atoms with van der Waals surface area (Å²) < 4.78 is 10.0. The summed E-state index contributed by atoms with van der Waals surface area (Å²) in [5.41, 5.74) is -0.400. The van der Waals surface area contributed by atoms with Crippen molar-refractivity contribution in [3.63, 3.8) is 0 Å². The number of alkyl carbamates (subject to hydrolysis) is 1. The van der Waals surface area contributed by atoms with Gasteiger partial charge in [0.1, 0.15) is 12.2 Å². The molecule has 1 amide bonds. The molecule has 21 heavy (non-hydrogen) atoms. The molecule has 0 bridgehead atoms. The lowest BCUT2D eigenvalue weighted by molar-refractivity contribution is -0.154. The van der Waals surface area contributed by atoms with Gasteiger partial charge in [0.2, 0.25) is 0 Å². The molecule has 0 aromatic rings. The Kier molecular flexibility index (Phi) is 10.4. The summed E-state index contributed by atoms with van der Waals surface area (Å²) in [6.45, 7) is 9.93. The highest BCUT2D eigenvalue weighted by Gasteiger charge is 2.15. The van der Waals surface area contributed by atoms with Crippen LogP contribution in [0.15, 0.2) is 12.7 Å². The number of carbonyl (C=O) groups is 2. The fourth-order valence-electron chi connectivity index (χ4n) is 1.69. The quantitative estimate of drug-likeness (QED) is 0.380. The van der Waals surface area contributed by atoms with Gasteiger partial charge in [0.25, 0.3) is 0 Å². The van der Waals surface area contributed by atoms with Gasteiger partial charge < -0.3 is 14.8 Å². The van der Waals surface area contributed by atoms with Crippen molar-refractivity contribution >= 4 is 12.1 Å². The standard InChI is InChI=1S/C16H29NO4/c1-5-13-20-15(19)17-12-10-8-6-7-9-11-14(18)21-16(2,3)4/h5H,1,6-13H2,2-4H3,(H,17,19). The topological polar surface area (TPSA) is 64.6 Å². The summed E-state index contributed by atoms with van der Waals surface area (Å²) in [4.78, 5) is 22.6. The summed E-state index contributed by atoms with van der Waals surface area (Å²) in [5, 5.41) is 2.67. The van der Waals surface area contributed by atoms with Crippen LogP contribution >= 0.6 is 0 Å². The lowest BCUT2D eigenvalue weighted by atomic mass is 10.1. The van der Waals surface area contributed by atoms with Crippen molar-refractivity contribution in [2.24, 2.45) is 0 Å². The lowest BCUT2D eigenvalue weighted by Gasteiger charge is -2.19. The summed E-state index contributed by atoms with van der Waals surface area (Å²) in [6.07, 6.45) is 6.44. The first-order valence-corrected chi connectivity index (χ1v) is 7.58. The maximum Gasteiger partial charge on any atom is 0.407 e. The average Bonchev–Trinajstić information content (AvgIpc) is 2.37. The third kappa shape index (κ3) is 14.7. The highest BCUT2D eigenvalue weighted by Crippen LogP contribution is 2.11. The van der Waals surface area contributed by atoms with Crippen LogP contribution in [0, 0.1) is 0 Å². The highest BCUT2D eigenvalue weighted by atomic mass is 16.6. The summed E-state index contributed by atoms with van der Waals surface area (Å²) in [5.74, 6) is -0.130. The number of hydrogen-bond donors (Lipinski definition) is 1. The molecule has 5 heteroatoms. The zero-order valence-corrected chi connectivity index (χ0v) is 13.6. The molecule has 0 atom stereocenters. The lowest BCUT2D eigenvalue weighted by Crippen LogP contribution is -2.25. The molecule has 0 aliphatic carbocycles. The fourth-order valence-corrected chi connectivity index (χ4v) is 1.69. The molecule has 0 saturated heterocycles. The van der Waals surface area contributed by atoms with Crippen molar-refractivity contribution in [2.45, 2.75) is 64.9 Å². The smallest absolute Gasteiger partial charge is 0.407 e. The summed E-state index contributed by atoms with van der Waals surface area (Å²) in [7, 11) is 0. The second kappa shape index (κ2) is 11.2. The van der Waals surface area contributed by atoms with Crippen LogP contribution in [0.4, 0.5) is 4.79 Å². The van der Waals surface area contributed by atoms with E-state index in [0.717, 1.165) is 32.1 Å². The van der Waals surface area contributed by atoms with Gasteiger partial charge in [-0.1, -0.05) is 31.9 Å². The molecule has 0 aromatic carbocycles. The van der Waals surface area contributed by atoms with Crippen LogP contribution in [0.5, 0.6) is 0 Å². The molecule has 122 valence electrons. The van der Waals surface area contributed by atoms with Crippen LogP contribution in [0.2, 0.25) is 0 Å². The molecule has 0 radical (unpaired) electrons. The van der Waals surface area contributed by atoms with Gasteiger partial charge >= 0.3 is 12.1 Å². The van der Waals surface area contributed by atoms with Crippen LogP contribution in [-0.2, 0) is 14.3 Å². The number of nitrogens with one attached hydrogen (secondary N) is 1. The first kappa shape index (κ1) is 19.5. The Bertz CT molecular complexity index is 321. The monoisotopic (exact) mass is 299 g/mol. The molecular weight excluding hydrogens is 270 g/mol. The number of hydrogen-bond acceptors (Lipinski definition) is 4. The van der Waals surface area contributed by atoms with Gasteiger partial charge in [0, 0.05) is 13.0 Å². The molecule has 0 aliphatic rings. The van der Waals surface area contributed by atoms with Gasteiger partial charge in [-0.25, -0.2) is 4.79 Å². The number of carbonyl (C=O) groups excluding carboxylic acids is 2. The van der Waals surface area contributed by atoms with E-state index in [1.54, 1.807) is 0 Å². The van der Waals surface area contributed by atoms with Gasteiger partial charge in [-0.3, -0.25) is 4.79 Å². The average molecular weight is 299 g/mol. The Hall–Kier alpha value is -1.52. The maximum atomic E-state index is 11.5. The van der Waals surface area contributed by atoms with Gasteiger partial charge in [-0.15, -0.1) is 0 Å². The summed E-state index contributed by atoms with van der Waals surface area (Å²) in [6, 6.07) is 0. The van der Waals surface area contributed by atoms with Crippen molar-refractivity contribution in [3.05, 3.63) is 12.7 Å². The number of amides is 1. The molecule has 0 heterocycles. The molecule has 0 fully saturated rings.